The smallest absolute Gasteiger partial charge is 0.243 e. The Morgan fingerprint density at radius 3 is 2.26 bits per heavy atom. The van der Waals surface area contributed by atoms with Crippen LogP contribution in [0.3, 0.4) is 0 Å². The number of hydrogen-bond acceptors (Lipinski definition) is 4. The summed E-state index contributed by atoms with van der Waals surface area (Å²) < 4.78 is 28.4. The molecule has 8 heteroatoms. The van der Waals surface area contributed by atoms with Crippen LogP contribution in [0.2, 0.25) is 5.02 Å². The molecule has 34 heavy (non-hydrogen) atoms. The molecule has 0 spiro atoms. The van der Waals surface area contributed by atoms with Crippen molar-refractivity contribution in [3.8, 4) is 0 Å². The minimum absolute atomic E-state index is 0.148. The second-order valence-corrected chi connectivity index (χ2v) is 11.7. The molecule has 5 nitrogen and oxygen atoms in total. The van der Waals surface area contributed by atoms with Gasteiger partial charge in [-0.05, 0) is 61.4 Å². The van der Waals surface area contributed by atoms with Gasteiger partial charge in [0.25, 0.3) is 0 Å². The fourth-order valence-electron chi connectivity index (χ4n) is 4.13. The zero-order valence-electron chi connectivity index (χ0n) is 18.7. The Morgan fingerprint density at radius 2 is 1.56 bits per heavy atom. The second-order valence-electron chi connectivity index (χ2n) is 8.26. The first-order chi connectivity index (χ1) is 16.4. The van der Waals surface area contributed by atoms with E-state index in [1.807, 2.05) is 54.6 Å². The average Bonchev–Trinajstić information content (AvgIpc) is 2.85. The molecule has 0 unspecified atom stereocenters. The van der Waals surface area contributed by atoms with E-state index in [-0.39, 0.29) is 23.4 Å². The Balaban J connectivity index is 1.55. The van der Waals surface area contributed by atoms with Crippen molar-refractivity contribution in [2.24, 2.45) is 0 Å². The van der Waals surface area contributed by atoms with Crippen LogP contribution in [0.25, 0.3) is 0 Å². The van der Waals surface area contributed by atoms with Crippen molar-refractivity contribution in [3.05, 3.63) is 83.9 Å². The highest BCUT2D eigenvalue weighted by molar-refractivity contribution is 7.99. The molecule has 0 bridgehead atoms. The number of sulfonamides is 1. The topological polar surface area (TPSA) is 66.5 Å². The van der Waals surface area contributed by atoms with Crippen molar-refractivity contribution in [1.82, 2.24) is 4.31 Å². The standard InChI is InChI=1S/C26H27ClN2O3S2/c27-20-15-17-23(18-16-20)34(31,32)29(21-9-3-1-4-10-21)19-26(30)28-24-13-7-8-14-25(24)33-22-11-5-2-6-12-22/h2,5-8,11-18,21H,1,3-4,9-10,19H2,(H,28,30). The molecule has 178 valence electrons. The van der Waals surface area contributed by atoms with E-state index in [1.54, 1.807) is 23.9 Å². The Hall–Kier alpha value is -2.32. The van der Waals surface area contributed by atoms with E-state index in [1.165, 1.54) is 16.4 Å². The third-order valence-electron chi connectivity index (χ3n) is 5.83. The molecule has 1 fully saturated rings. The van der Waals surface area contributed by atoms with Gasteiger partial charge >= 0.3 is 0 Å². The lowest BCUT2D eigenvalue weighted by Crippen LogP contribution is -2.45. The molecule has 1 saturated carbocycles. The Labute approximate surface area is 210 Å². The maximum absolute atomic E-state index is 13.5. The van der Waals surface area contributed by atoms with Gasteiger partial charge in [-0.2, -0.15) is 4.31 Å². The second kappa shape index (κ2) is 11.4. The van der Waals surface area contributed by atoms with Gasteiger partial charge in [0.2, 0.25) is 15.9 Å². The number of carbonyl (C=O) groups excluding carboxylic acids is 1. The van der Waals surface area contributed by atoms with E-state index >= 15 is 0 Å². The highest BCUT2D eigenvalue weighted by atomic mass is 35.5. The third kappa shape index (κ3) is 6.21. The molecule has 4 rings (SSSR count). The number of nitrogens with zero attached hydrogens (tertiary/aromatic N) is 1. The number of benzene rings is 3. The van der Waals surface area contributed by atoms with E-state index in [4.69, 9.17) is 11.6 Å². The first kappa shape index (κ1) is 24.8. The molecule has 3 aromatic rings. The number of nitrogens with one attached hydrogen (secondary N) is 1. The minimum Gasteiger partial charge on any atom is -0.324 e. The Morgan fingerprint density at radius 1 is 0.912 bits per heavy atom. The van der Waals surface area contributed by atoms with Crippen LogP contribution < -0.4 is 5.32 Å². The maximum Gasteiger partial charge on any atom is 0.243 e. The predicted molar refractivity (Wildman–Crippen MR) is 138 cm³/mol. The van der Waals surface area contributed by atoms with Crippen LogP contribution in [-0.2, 0) is 14.8 Å². The summed E-state index contributed by atoms with van der Waals surface area (Å²) in [4.78, 5) is 15.3. The summed E-state index contributed by atoms with van der Waals surface area (Å²) in [6.07, 6.45) is 4.49. The van der Waals surface area contributed by atoms with Gasteiger partial charge in [0.05, 0.1) is 17.1 Å². The van der Waals surface area contributed by atoms with Gasteiger partial charge in [-0.15, -0.1) is 0 Å². The number of halogens is 1. The van der Waals surface area contributed by atoms with Gasteiger partial charge < -0.3 is 5.32 Å². The lowest BCUT2D eigenvalue weighted by molar-refractivity contribution is -0.116. The SMILES string of the molecule is O=C(CN(C1CCCCC1)S(=O)(=O)c1ccc(Cl)cc1)Nc1ccccc1Sc1ccccc1. The monoisotopic (exact) mass is 514 g/mol. The van der Waals surface area contributed by atoms with Crippen LogP contribution in [0.15, 0.2) is 93.5 Å². The molecule has 0 aliphatic heterocycles. The van der Waals surface area contributed by atoms with E-state index < -0.39 is 10.0 Å². The summed E-state index contributed by atoms with van der Waals surface area (Å²) >= 11 is 7.51. The average molecular weight is 515 g/mol. The van der Waals surface area contributed by atoms with E-state index in [9.17, 15) is 13.2 Å². The third-order valence-corrected chi connectivity index (χ3v) is 9.08. The van der Waals surface area contributed by atoms with Gasteiger partial charge in [-0.1, -0.05) is 73.0 Å². The molecular formula is C26H27ClN2O3S2. The number of anilines is 1. The minimum atomic E-state index is -3.85. The van der Waals surface area contributed by atoms with E-state index in [0.29, 0.717) is 10.7 Å². The first-order valence-corrected chi connectivity index (χ1v) is 14.0. The molecule has 0 radical (unpaired) electrons. The zero-order valence-corrected chi connectivity index (χ0v) is 21.1. The molecular weight excluding hydrogens is 488 g/mol. The number of carbonyl (C=O) groups is 1. The summed E-state index contributed by atoms with van der Waals surface area (Å²) in [6, 6.07) is 23.4. The fraction of sp³-hybridized carbons (Fsp3) is 0.269. The number of rotatable bonds is 8. The van der Waals surface area contributed by atoms with Crippen molar-refractivity contribution in [3.63, 3.8) is 0 Å². The highest BCUT2D eigenvalue weighted by Crippen LogP contribution is 2.33. The van der Waals surface area contributed by atoms with Crippen LogP contribution in [0.1, 0.15) is 32.1 Å². The summed E-state index contributed by atoms with van der Waals surface area (Å²) in [5, 5.41) is 3.41. The lowest BCUT2D eigenvalue weighted by atomic mass is 9.95. The van der Waals surface area contributed by atoms with Crippen LogP contribution >= 0.6 is 23.4 Å². The molecule has 0 heterocycles. The largest absolute Gasteiger partial charge is 0.324 e. The molecule has 0 atom stereocenters. The molecule has 1 N–H and O–H groups in total. The van der Waals surface area contributed by atoms with Gasteiger partial charge in [0.1, 0.15) is 0 Å². The van der Waals surface area contributed by atoms with Gasteiger partial charge in [0.15, 0.2) is 0 Å². The summed E-state index contributed by atoms with van der Waals surface area (Å²) in [5.41, 5.74) is 0.661. The van der Waals surface area contributed by atoms with Crippen molar-refractivity contribution >= 4 is 45.0 Å². The normalized spacial score (nSPS) is 14.8. The van der Waals surface area contributed by atoms with Crippen molar-refractivity contribution in [2.45, 2.75) is 52.8 Å². The first-order valence-electron chi connectivity index (χ1n) is 11.3. The summed E-state index contributed by atoms with van der Waals surface area (Å²) in [7, 11) is -3.85. The van der Waals surface area contributed by atoms with Crippen LogP contribution in [0, 0.1) is 0 Å². The molecule has 1 amide bonds. The van der Waals surface area contributed by atoms with Crippen molar-refractivity contribution in [2.75, 3.05) is 11.9 Å². The van der Waals surface area contributed by atoms with E-state index in [2.05, 4.69) is 5.32 Å². The zero-order chi connectivity index (χ0) is 24.0. The van der Waals surface area contributed by atoms with E-state index in [0.717, 1.165) is 41.9 Å². The van der Waals surface area contributed by atoms with Gasteiger partial charge in [-0.3, -0.25) is 4.79 Å². The Kier molecular flexibility index (Phi) is 8.32. The fourth-order valence-corrected chi connectivity index (χ4v) is 6.82. The van der Waals surface area contributed by atoms with Crippen molar-refractivity contribution < 1.29 is 13.2 Å². The van der Waals surface area contributed by atoms with Crippen LogP contribution in [0.4, 0.5) is 5.69 Å². The number of hydrogen-bond donors (Lipinski definition) is 1. The van der Waals surface area contributed by atoms with Gasteiger partial charge in [0, 0.05) is 20.9 Å². The molecule has 1 aliphatic rings. The van der Waals surface area contributed by atoms with Crippen LogP contribution in [0.5, 0.6) is 0 Å². The Bertz CT molecular complexity index is 1210. The maximum atomic E-state index is 13.5. The number of para-hydroxylation sites is 1. The summed E-state index contributed by atoms with van der Waals surface area (Å²) in [5.74, 6) is -0.357. The molecule has 0 aromatic heterocycles. The molecule has 1 aliphatic carbocycles. The summed E-state index contributed by atoms with van der Waals surface area (Å²) in [6.45, 7) is -0.236. The quantitative estimate of drug-likeness (QED) is 0.375. The lowest BCUT2D eigenvalue weighted by Gasteiger charge is -2.33. The number of amides is 1. The van der Waals surface area contributed by atoms with Crippen LogP contribution in [-0.4, -0.2) is 31.2 Å². The highest BCUT2D eigenvalue weighted by Gasteiger charge is 2.34. The van der Waals surface area contributed by atoms with Gasteiger partial charge in [-0.25, -0.2) is 8.42 Å². The molecule has 0 saturated heterocycles. The van der Waals surface area contributed by atoms with Crippen molar-refractivity contribution in [1.29, 1.82) is 0 Å². The predicted octanol–water partition coefficient (Wildman–Crippen LogP) is 6.45. The molecule has 3 aromatic carbocycles.